The van der Waals surface area contributed by atoms with Crippen LogP contribution in [0.5, 0.6) is 5.75 Å². The highest BCUT2D eigenvalue weighted by molar-refractivity contribution is 5.95. The van der Waals surface area contributed by atoms with Crippen LogP contribution in [0.15, 0.2) is 35.5 Å². The monoisotopic (exact) mass is 358 g/mol. The van der Waals surface area contributed by atoms with Gasteiger partial charge in [-0.1, -0.05) is 25.1 Å². The average Bonchev–Trinajstić information content (AvgIpc) is 2.62. The van der Waals surface area contributed by atoms with Crippen molar-refractivity contribution < 1.29 is 19.1 Å². The van der Waals surface area contributed by atoms with Gasteiger partial charge in [-0.05, 0) is 44.6 Å². The van der Waals surface area contributed by atoms with E-state index in [9.17, 15) is 9.59 Å². The van der Waals surface area contributed by atoms with Crippen LogP contribution in [-0.2, 0) is 9.53 Å². The van der Waals surface area contributed by atoms with Gasteiger partial charge in [-0.2, -0.15) is 0 Å². The van der Waals surface area contributed by atoms with Crippen LogP contribution in [0.2, 0.25) is 0 Å². The zero-order valence-electron chi connectivity index (χ0n) is 15.5. The molecule has 1 fully saturated rings. The molecule has 0 radical (unpaired) electrons. The number of carbonyl (C=O) groups excluding carboxylic acids is 2. The minimum absolute atomic E-state index is 0.0602. The van der Waals surface area contributed by atoms with Crippen molar-refractivity contribution in [3.05, 3.63) is 41.1 Å². The number of ether oxygens (including phenoxy) is 2. The largest absolute Gasteiger partial charge is 0.496 e. The first-order valence-corrected chi connectivity index (χ1v) is 9.11. The van der Waals surface area contributed by atoms with Gasteiger partial charge in [0.15, 0.2) is 0 Å². The van der Waals surface area contributed by atoms with Crippen molar-refractivity contribution in [1.29, 1.82) is 0 Å². The van der Waals surface area contributed by atoms with Gasteiger partial charge in [0, 0.05) is 11.3 Å². The lowest BCUT2D eigenvalue weighted by Crippen LogP contribution is -2.45. The molecular formula is C20H26N2O4. The molecule has 1 saturated carbocycles. The summed E-state index contributed by atoms with van der Waals surface area (Å²) >= 11 is 0. The van der Waals surface area contributed by atoms with Crippen LogP contribution in [0.1, 0.15) is 51.1 Å². The molecule has 140 valence electrons. The summed E-state index contributed by atoms with van der Waals surface area (Å²) < 4.78 is 11.2. The Labute approximate surface area is 153 Å². The number of carbonyl (C=O) groups is 2. The number of benzene rings is 1. The molecule has 6 nitrogen and oxygen atoms in total. The number of hydrogen-bond donors (Lipinski definition) is 2. The fourth-order valence-electron chi connectivity index (χ4n) is 3.66. The highest BCUT2D eigenvalue weighted by Gasteiger charge is 2.35. The average molecular weight is 358 g/mol. The minimum Gasteiger partial charge on any atom is -0.496 e. The number of hydrogen-bond acceptors (Lipinski definition) is 4. The van der Waals surface area contributed by atoms with E-state index in [0.717, 1.165) is 31.2 Å². The quantitative estimate of drug-likeness (QED) is 0.808. The van der Waals surface area contributed by atoms with Gasteiger partial charge in [-0.3, -0.25) is 0 Å². The minimum atomic E-state index is -0.602. The third kappa shape index (κ3) is 3.84. The molecule has 0 spiro atoms. The van der Waals surface area contributed by atoms with Crippen LogP contribution in [-0.4, -0.2) is 25.2 Å². The van der Waals surface area contributed by atoms with E-state index in [1.807, 2.05) is 24.3 Å². The summed E-state index contributed by atoms with van der Waals surface area (Å²) in [5.74, 6) is 0.914. The smallest absolute Gasteiger partial charge is 0.338 e. The summed E-state index contributed by atoms with van der Waals surface area (Å²) in [5, 5.41) is 5.50. The molecule has 1 heterocycles. The first kappa shape index (κ1) is 18.3. The fraction of sp³-hybridized carbons (Fsp3) is 0.500. The van der Waals surface area contributed by atoms with E-state index in [1.54, 1.807) is 14.0 Å². The zero-order valence-corrected chi connectivity index (χ0v) is 15.5. The molecule has 2 N–H and O–H groups in total. The number of urea groups is 1. The summed E-state index contributed by atoms with van der Waals surface area (Å²) in [7, 11) is 1.57. The Morgan fingerprint density at radius 3 is 2.54 bits per heavy atom. The molecule has 1 aromatic carbocycles. The first-order chi connectivity index (χ1) is 12.5. The highest BCUT2D eigenvalue weighted by Crippen LogP contribution is 2.34. The van der Waals surface area contributed by atoms with Crippen molar-refractivity contribution in [2.75, 3.05) is 7.11 Å². The Bertz CT molecular complexity index is 720. The topological polar surface area (TPSA) is 76.7 Å². The number of para-hydroxylation sites is 1. The summed E-state index contributed by atoms with van der Waals surface area (Å²) in [6.45, 7) is 3.95. The van der Waals surface area contributed by atoms with Crippen LogP contribution in [0, 0.1) is 5.92 Å². The van der Waals surface area contributed by atoms with Crippen molar-refractivity contribution in [2.24, 2.45) is 5.92 Å². The van der Waals surface area contributed by atoms with Crippen molar-refractivity contribution >= 4 is 12.0 Å². The Hall–Kier alpha value is -2.50. The Balaban J connectivity index is 1.87. The van der Waals surface area contributed by atoms with Crippen molar-refractivity contribution in [3.8, 4) is 5.75 Å². The molecule has 0 unspecified atom stereocenters. The maximum atomic E-state index is 12.9. The van der Waals surface area contributed by atoms with Crippen molar-refractivity contribution in [1.82, 2.24) is 10.6 Å². The SMILES string of the molecule is COc1ccccc1[C@@H]1NC(=O)NC(C)=C1C(=O)OC1CCC(C)CC1. The Morgan fingerprint density at radius 2 is 1.85 bits per heavy atom. The van der Waals surface area contributed by atoms with Gasteiger partial charge in [0.2, 0.25) is 0 Å². The van der Waals surface area contributed by atoms with Gasteiger partial charge in [0.25, 0.3) is 0 Å². The van der Waals surface area contributed by atoms with Gasteiger partial charge in [0.1, 0.15) is 11.9 Å². The number of rotatable bonds is 4. The molecule has 3 rings (SSSR count). The third-order valence-corrected chi connectivity index (χ3v) is 5.18. The lowest BCUT2D eigenvalue weighted by atomic mass is 9.88. The molecule has 2 aliphatic rings. The van der Waals surface area contributed by atoms with E-state index in [0.29, 0.717) is 22.9 Å². The van der Waals surface area contributed by atoms with E-state index in [-0.39, 0.29) is 18.1 Å². The molecule has 0 aromatic heterocycles. The number of amides is 2. The normalized spacial score (nSPS) is 26.0. The molecule has 2 amide bonds. The lowest BCUT2D eigenvalue weighted by Gasteiger charge is -2.31. The summed E-state index contributed by atoms with van der Waals surface area (Å²) in [5.41, 5.74) is 1.67. The number of esters is 1. The molecule has 1 aliphatic carbocycles. The summed E-state index contributed by atoms with van der Waals surface area (Å²) in [6.07, 6.45) is 3.85. The van der Waals surface area contributed by atoms with Crippen molar-refractivity contribution in [2.45, 2.75) is 51.7 Å². The molecule has 1 atom stereocenters. The fourth-order valence-corrected chi connectivity index (χ4v) is 3.66. The zero-order chi connectivity index (χ0) is 18.7. The maximum Gasteiger partial charge on any atom is 0.338 e. The van der Waals surface area contributed by atoms with E-state index in [4.69, 9.17) is 9.47 Å². The van der Waals surface area contributed by atoms with Gasteiger partial charge in [-0.15, -0.1) is 0 Å². The van der Waals surface area contributed by atoms with Crippen LogP contribution in [0.25, 0.3) is 0 Å². The molecule has 1 aliphatic heterocycles. The molecule has 0 bridgehead atoms. The van der Waals surface area contributed by atoms with Gasteiger partial charge in [-0.25, -0.2) is 9.59 Å². The van der Waals surface area contributed by atoms with Crippen molar-refractivity contribution in [3.63, 3.8) is 0 Å². The van der Waals surface area contributed by atoms with E-state index >= 15 is 0 Å². The summed E-state index contributed by atoms with van der Waals surface area (Å²) in [6, 6.07) is 6.41. The maximum absolute atomic E-state index is 12.9. The van der Waals surface area contributed by atoms with E-state index in [2.05, 4.69) is 17.6 Å². The van der Waals surface area contributed by atoms with Crippen LogP contribution in [0.3, 0.4) is 0 Å². The van der Waals surface area contributed by atoms with E-state index < -0.39 is 6.04 Å². The first-order valence-electron chi connectivity index (χ1n) is 9.11. The second-order valence-corrected chi connectivity index (χ2v) is 7.10. The number of methoxy groups -OCH3 is 1. The number of nitrogens with one attached hydrogen (secondary N) is 2. The van der Waals surface area contributed by atoms with Crippen LogP contribution in [0.4, 0.5) is 4.79 Å². The van der Waals surface area contributed by atoms with E-state index in [1.165, 1.54) is 0 Å². The standard InChI is InChI=1S/C20H26N2O4/c1-12-8-10-14(11-9-12)26-19(23)17-13(2)21-20(24)22-18(17)15-6-4-5-7-16(15)25-3/h4-7,12,14,18H,8-11H2,1-3H3,(H2,21,22,24)/t12?,14?,18-/m0/s1. The third-order valence-electron chi connectivity index (χ3n) is 5.18. The second-order valence-electron chi connectivity index (χ2n) is 7.10. The van der Waals surface area contributed by atoms with Gasteiger partial charge < -0.3 is 20.1 Å². The highest BCUT2D eigenvalue weighted by atomic mass is 16.5. The predicted octanol–water partition coefficient (Wildman–Crippen LogP) is 3.45. The molecule has 0 saturated heterocycles. The lowest BCUT2D eigenvalue weighted by molar-refractivity contribution is -0.146. The van der Waals surface area contributed by atoms with Crippen LogP contribution >= 0.6 is 0 Å². The molecular weight excluding hydrogens is 332 g/mol. The second kappa shape index (κ2) is 7.81. The summed E-state index contributed by atoms with van der Waals surface area (Å²) in [4.78, 5) is 24.9. The van der Waals surface area contributed by atoms with Crippen LogP contribution < -0.4 is 15.4 Å². The molecule has 6 heteroatoms. The van der Waals surface area contributed by atoms with Gasteiger partial charge >= 0.3 is 12.0 Å². The van der Waals surface area contributed by atoms with Gasteiger partial charge in [0.05, 0.1) is 18.7 Å². The number of allylic oxidation sites excluding steroid dienone is 1. The molecule has 26 heavy (non-hydrogen) atoms. The Morgan fingerprint density at radius 1 is 1.15 bits per heavy atom. The molecule has 1 aromatic rings. The predicted molar refractivity (Wildman–Crippen MR) is 97.6 cm³/mol. The Kier molecular flexibility index (Phi) is 5.49.